The number of nitrogens with two attached hydrogens (primary N) is 1. The highest BCUT2D eigenvalue weighted by molar-refractivity contribution is 8.00. The molecule has 2 saturated carbocycles. The van der Waals surface area contributed by atoms with Gasteiger partial charge in [-0.3, -0.25) is 24.1 Å². The number of benzene rings is 2. The number of carbonyl (C=O) groups excluding carboxylic acids is 3. The fourth-order valence-corrected chi connectivity index (χ4v) is 11.0. The van der Waals surface area contributed by atoms with Crippen molar-refractivity contribution in [1.29, 1.82) is 0 Å². The zero-order valence-electron chi connectivity index (χ0n) is 22.1. The summed E-state index contributed by atoms with van der Waals surface area (Å²) >= 11 is 2.74. The number of nitrogens with zero attached hydrogens (tertiary/aromatic N) is 1. The number of hydrogen-bond donors (Lipinski definition) is 4. The van der Waals surface area contributed by atoms with E-state index in [4.69, 9.17) is 5.14 Å². The van der Waals surface area contributed by atoms with Crippen LogP contribution < -0.4 is 15.3 Å². The third-order valence-electron chi connectivity index (χ3n) is 9.23. The number of phenolic OH excluding ortho intramolecular Hbond substituents is 1. The Balaban J connectivity index is 1.17. The number of amides is 3. The number of anilines is 1. The van der Waals surface area contributed by atoms with E-state index in [2.05, 4.69) is 10.3 Å². The number of aromatic nitrogens is 1. The molecule has 8 atom stereocenters. The molecular formula is C28H26N4O7S3. The van der Waals surface area contributed by atoms with Crippen LogP contribution in [0.4, 0.5) is 5.69 Å². The highest BCUT2D eigenvalue weighted by Crippen LogP contribution is 2.68. The number of phenols is 1. The Morgan fingerprint density at radius 2 is 1.69 bits per heavy atom. The van der Waals surface area contributed by atoms with Crippen LogP contribution in [-0.4, -0.2) is 52.4 Å². The van der Waals surface area contributed by atoms with Crippen molar-refractivity contribution < 1.29 is 27.9 Å². The summed E-state index contributed by atoms with van der Waals surface area (Å²) in [5.74, 6) is -2.58. The van der Waals surface area contributed by atoms with Crippen LogP contribution in [0.5, 0.6) is 5.75 Å². The molecule has 4 aliphatic rings. The van der Waals surface area contributed by atoms with Crippen LogP contribution in [0.15, 0.2) is 63.2 Å². The highest BCUT2D eigenvalue weighted by atomic mass is 32.2. The number of hydrogen-bond acceptors (Lipinski definition) is 9. The van der Waals surface area contributed by atoms with E-state index in [0.717, 1.165) is 31.7 Å². The van der Waals surface area contributed by atoms with Gasteiger partial charge in [-0.1, -0.05) is 23.5 Å². The van der Waals surface area contributed by atoms with Gasteiger partial charge >= 0.3 is 4.87 Å². The molecule has 2 aliphatic heterocycles. The van der Waals surface area contributed by atoms with Crippen LogP contribution in [-0.2, 0) is 24.4 Å². The van der Waals surface area contributed by atoms with E-state index in [-0.39, 0.29) is 56.3 Å². The number of H-pyrrole nitrogens is 1. The molecule has 0 spiro atoms. The van der Waals surface area contributed by atoms with Crippen LogP contribution in [0.2, 0.25) is 0 Å². The lowest BCUT2D eigenvalue weighted by Crippen LogP contribution is -2.46. The van der Waals surface area contributed by atoms with Crippen molar-refractivity contribution in [2.75, 3.05) is 5.32 Å². The summed E-state index contributed by atoms with van der Waals surface area (Å²) in [4.78, 5) is 58.0. The first kappa shape index (κ1) is 27.4. The molecule has 2 bridgehead atoms. The van der Waals surface area contributed by atoms with Gasteiger partial charge in [-0.05, 0) is 73.1 Å². The molecule has 3 aromatic rings. The number of rotatable bonds is 5. The molecular weight excluding hydrogens is 601 g/mol. The van der Waals surface area contributed by atoms with Crippen LogP contribution in [0.3, 0.4) is 0 Å². The fourth-order valence-electron chi connectivity index (χ4n) is 7.57. The molecule has 1 saturated heterocycles. The summed E-state index contributed by atoms with van der Waals surface area (Å²) in [5.41, 5.74) is 1.25. The Bertz CT molecular complexity index is 1800. The number of nitrogens with one attached hydrogen (secondary N) is 2. The summed E-state index contributed by atoms with van der Waals surface area (Å²) in [6, 6.07) is 11.2. The Morgan fingerprint density at radius 3 is 2.33 bits per heavy atom. The molecule has 2 aliphatic carbocycles. The zero-order chi connectivity index (χ0) is 29.7. The second-order valence-electron chi connectivity index (χ2n) is 11.3. The number of aromatic amines is 1. The van der Waals surface area contributed by atoms with Gasteiger partial charge < -0.3 is 15.4 Å². The number of fused-ring (bicyclic) bond motifs is 9. The SMILES string of the molecule is CC(C(=O)Nc1ccc(S(N)(=O)=O)cc1)N1C(=O)C2C3CC(C2C1=O)C1C(c2ccc(O)cc2)c2sc(=O)[nH]c2SC31. The average Bonchev–Trinajstić information content (AvgIpc) is 3.67. The Labute approximate surface area is 248 Å². The summed E-state index contributed by atoms with van der Waals surface area (Å²) in [6.45, 7) is 1.51. The smallest absolute Gasteiger partial charge is 0.305 e. The summed E-state index contributed by atoms with van der Waals surface area (Å²) in [6.07, 6.45) is 0.716. The van der Waals surface area contributed by atoms with Crippen molar-refractivity contribution in [2.24, 2.45) is 34.7 Å². The minimum atomic E-state index is -3.89. The number of sulfonamides is 1. The molecule has 14 heteroatoms. The van der Waals surface area contributed by atoms with Crippen molar-refractivity contribution in [2.45, 2.75) is 40.5 Å². The number of primary sulfonamides is 1. The molecule has 218 valence electrons. The van der Waals surface area contributed by atoms with Gasteiger partial charge in [0.15, 0.2) is 0 Å². The zero-order valence-corrected chi connectivity index (χ0v) is 24.5. The van der Waals surface area contributed by atoms with Crippen molar-refractivity contribution in [3.8, 4) is 5.75 Å². The third-order valence-corrected chi connectivity index (χ3v) is 12.7. The standard InChI is InChI=1S/C28H26N4O7S3/c1-11(24(34)30-13-4-8-15(9-5-13)42(29,38)39)32-26(35)20-16-10-17(21(20)27(32)36)22-19(16)18(12-2-6-14(33)7-3-12)23-25(40-22)31-28(37)41-23/h2-9,11,16-22,33H,10H2,1H3,(H,30,34)(H,31,37)(H2,29,38,39). The summed E-state index contributed by atoms with van der Waals surface area (Å²) < 4.78 is 23.1. The molecule has 0 radical (unpaired) electrons. The molecule has 3 heterocycles. The van der Waals surface area contributed by atoms with Crippen LogP contribution in [0.1, 0.15) is 29.7 Å². The predicted octanol–water partition coefficient (Wildman–Crippen LogP) is 2.29. The molecule has 42 heavy (non-hydrogen) atoms. The molecule has 2 aromatic carbocycles. The first-order chi connectivity index (χ1) is 19.9. The maximum atomic E-state index is 13.9. The van der Waals surface area contributed by atoms with Crippen LogP contribution >= 0.6 is 23.1 Å². The maximum absolute atomic E-state index is 13.9. The Kier molecular flexibility index (Phi) is 6.21. The molecule has 8 unspecified atom stereocenters. The predicted molar refractivity (Wildman–Crippen MR) is 154 cm³/mol. The van der Waals surface area contributed by atoms with Gasteiger partial charge in [-0.25, -0.2) is 13.6 Å². The van der Waals surface area contributed by atoms with Gasteiger partial charge in [0.05, 0.1) is 21.8 Å². The number of thioether (sulfide) groups is 1. The van der Waals surface area contributed by atoms with E-state index in [1.54, 1.807) is 23.9 Å². The molecule has 7 rings (SSSR count). The highest BCUT2D eigenvalue weighted by Gasteiger charge is 2.70. The number of imide groups is 1. The summed E-state index contributed by atoms with van der Waals surface area (Å²) in [7, 11) is -3.89. The van der Waals surface area contributed by atoms with Gasteiger partial charge in [-0.15, -0.1) is 11.8 Å². The van der Waals surface area contributed by atoms with Gasteiger partial charge in [0.2, 0.25) is 27.7 Å². The summed E-state index contributed by atoms with van der Waals surface area (Å²) in [5, 5.41) is 18.5. The van der Waals surface area contributed by atoms with Crippen molar-refractivity contribution in [3.05, 3.63) is 68.6 Å². The quantitative estimate of drug-likeness (QED) is 0.312. The minimum Gasteiger partial charge on any atom is -0.508 e. The minimum absolute atomic E-state index is 0.00270. The Morgan fingerprint density at radius 1 is 1.05 bits per heavy atom. The van der Waals surface area contributed by atoms with Gasteiger partial charge in [0.1, 0.15) is 11.8 Å². The van der Waals surface area contributed by atoms with Crippen molar-refractivity contribution in [3.63, 3.8) is 0 Å². The largest absolute Gasteiger partial charge is 0.508 e. The Hall–Kier alpha value is -3.46. The second kappa shape index (κ2) is 9.53. The lowest BCUT2D eigenvalue weighted by atomic mass is 9.68. The van der Waals surface area contributed by atoms with E-state index >= 15 is 0 Å². The number of thiazole rings is 1. The lowest BCUT2D eigenvalue weighted by molar-refractivity contribution is -0.146. The van der Waals surface area contributed by atoms with Gasteiger partial charge in [-0.2, -0.15) is 0 Å². The molecule has 5 N–H and O–H groups in total. The number of likely N-dealkylation sites (tertiary alicyclic amines) is 1. The van der Waals surface area contributed by atoms with Gasteiger partial charge in [0, 0.05) is 21.7 Å². The lowest BCUT2D eigenvalue weighted by Gasteiger charge is -2.43. The van der Waals surface area contributed by atoms with Crippen molar-refractivity contribution in [1.82, 2.24) is 9.88 Å². The topological polar surface area (TPSA) is 180 Å². The molecule has 3 fully saturated rings. The van der Waals surface area contributed by atoms with E-state index < -0.39 is 33.8 Å². The molecule has 11 nitrogen and oxygen atoms in total. The maximum Gasteiger partial charge on any atom is 0.305 e. The van der Waals surface area contributed by atoms with Crippen molar-refractivity contribution >= 4 is 56.5 Å². The van der Waals surface area contributed by atoms with E-state index in [9.17, 15) is 32.7 Å². The number of aromatic hydroxyl groups is 1. The first-order valence-electron chi connectivity index (χ1n) is 13.4. The monoisotopic (exact) mass is 626 g/mol. The molecule has 3 amide bonds. The van der Waals surface area contributed by atoms with E-state index in [1.165, 1.54) is 31.2 Å². The average molecular weight is 627 g/mol. The van der Waals surface area contributed by atoms with E-state index in [1.807, 2.05) is 12.1 Å². The molecule has 1 aromatic heterocycles. The van der Waals surface area contributed by atoms with E-state index in [0.29, 0.717) is 12.1 Å². The third kappa shape index (κ3) is 4.07. The van der Waals surface area contributed by atoms with Crippen LogP contribution in [0, 0.1) is 29.6 Å². The van der Waals surface area contributed by atoms with Crippen LogP contribution in [0.25, 0.3) is 0 Å². The van der Waals surface area contributed by atoms with Gasteiger partial charge in [0.25, 0.3) is 0 Å². The second-order valence-corrected chi connectivity index (χ2v) is 15.1. The fraction of sp³-hybridized carbons (Fsp3) is 0.357. The first-order valence-corrected chi connectivity index (χ1v) is 16.7. The normalized spacial score (nSPS) is 30.1. The number of carbonyl (C=O) groups is 3.